The molecule has 1 N–H and O–H groups in total. The molecular formula is C13H21N3O2. The zero-order chi connectivity index (χ0) is 12.5. The van der Waals surface area contributed by atoms with Crippen molar-refractivity contribution < 1.29 is 9.52 Å². The smallest absolute Gasteiger partial charge is 0.230 e. The average Bonchev–Trinajstić information content (AvgIpc) is 3.11. The lowest BCUT2D eigenvalue weighted by molar-refractivity contribution is 0.0563. The van der Waals surface area contributed by atoms with Crippen LogP contribution in [0.1, 0.15) is 50.3 Å². The van der Waals surface area contributed by atoms with E-state index in [-0.39, 0.29) is 6.10 Å². The van der Waals surface area contributed by atoms with Crippen LogP contribution < -0.4 is 0 Å². The monoisotopic (exact) mass is 251 g/mol. The zero-order valence-electron chi connectivity index (χ0n) is 10.9. The summed E-state index contributed by atoms with van der Waals surface area (Å²) < 4.78 is 5.68. The van der Waals surface area contributed by atoms with Crippen molar-refractivity contribution in [3.63, 3.8) is 0 Å². The Bertz CT molecular complexity index is 401. The van der Waals surface area contributed by atoms with Gasteiger partial charge in [0.05, 0.1) is 12.6 Å². The van der Waals surface area contributed by atoms with Gasteiger partial charge >= 0.3 is 0 Å². The first kappa shape index (κ1) is 12.1. The molecule has 1 aromatic heterocycles. The van der Waals surface area contributed by atoms with Gasteiger partial charge in [0.1, 0.15) is 0 Å². The summed E-state index contributed by atoms with van der Waals surface area (Å²) in [5.41, 5.74) is 0. The average molecular weight is 251 g/mol. The topological polar surface area (TPSA) is 62.4 Å². The van der Waals surface area contributed by atoms with Crippen molar-refractivity contribution in [1.29, 1.82) is 0 Å². The zero-order valence-corrected chi connectivity index (χ0v) is 10.9. The van der Waals surface area contributed by atoms with Crippen LogP contribution >= 0.6 is 0 Å². The molecule has 0 amide bonds. The molecule has 5 heteroatoms. The summed E-state index contributed by atoms with van der Waals surface area (Å²) in [6.45, 7) is 4.60. The predicted octanol–water partition coefficient (Wildman–Crippen LogP) is 1.54. The number of nitrogens with zero attached hydrogens (tertiary/aromatic N) is 3. The van der Waals surface area contributed by atoms with Crippen molar-refractivity contribution in [3.8, 4) is 0 Å². The number of aromatic nitrogens is 2. The molecule has 2 fully saturated rings. The van der Waals surface area contributed by atoms with Gasteiger partial charge in [-0.1, -0.05) is 0 Å². The molecule has 1 aliphatic carbocycles. The van der Waals surface area contributed by atoms with Gasteiger partial charge in [0, 0.05) is 12.5 Å². The summed E-state index contributed by atoms with van der Waals surface area (Å²) in [6, 6.07) is 0. The maximum atomic E-state index is 9.67. The van der Waals surface area contributed by atoms with Gasteiger partial charge in [-0.15, -0.1) is 10.2 Å². The Morgan fingerprint density at radius 1 is 1.39 bits per heavy atom. The van der Waals surface area contributed by atoms with E-state index in [9.17, 15) is 5.11 Å². The number of aliphatic hydroxyl groups is 1. The summed E-state index contributed by atoms with van der Waals surface area (Å²) in [7, 11) is 0. The molecule has 0 spiro atoms. The van der Waals surface area contributed by atoms with Crippen LogP contribution in [0, 0.1) is 5.92 Å². The highest BCUT2D eigenvalue weighted by atomic mass is 16.4. The molecule has 1 aromatic rings. The van der Waals surface area contributed by atoms with Gasteiger partial charge in [-0.2, -0.15) is 0 Å². The lowest BCUT2D eigenvalue weighted by Gasteiger charge is -2.33. The number of hydrogen-bond donors (Lipinski definition) is 1. The minimum absolute atomic E-state index is 0.225. The summed E-state index contributed by atoms with van der Waals surface area (Å²) in [5.74, 6) is 2.44. The Labute approximate surface area is 107 Å². The van der Waals surface area contributed by atoms with Crippen molar-refractivity contribution in [1.82, 2.24) is 15.1 Å². The van der Waals surface area contributed by atoms with E-state index >= 15 is 0 Å². The SMILES string of the molecule is CC(O)C1CCCN(Cc2nnc(C3CC3)o2)C1. The van der Waals surface area contributed by atoms with Crippen LogP contribution in [-0.4, -0.2) is 39.4 Å². The first-order valence-corrected chi connectivity index (χ1v) is 6.95. The minimum atomic E-state index is -0.225. The maximum absolute atomic E-state index is 9.67. The predicted molar refractivity (Wildman–Crippen MR) is 66.0 cm³/mol. The molecule has 100 valence electrons. The third-order valence-corrected chi connectivity index (χ3v) is 3.99. The van der Waals surface area contributed by atoms with Gasteiger partial charge in [-0.25, -0.2) is 0 Å². The van der Waals surface area contributed by atoms with E-state index in [0.29, 0.717) is 11.8 Å². The van der Waals surface area contributed by atoms with Crippen molar-refractivity contribution in [3.05, 3.63) is 11.8 Å². The fourth-order valence-corrected chi connectivity index (χ4v) is 2.65. The molecular weight excluding hydrogens is 230 g/mol. The third kappa shape index (κ3) is 2.72. The molecule has 1 aliphatic heterocycles. The van der Waals surface area contributed by atoms with Gasteiger partial charge in [-0.05, 0) is 45.1 Å². The normalized spacial score (nSPS) is 27.3. The van der Waals surface area contributed by atoms with Crippen LogP contribution in [0.3, 0.4) is 0 Å². The van der Waals surface area contributed by atoms with Crippen molar-refractivity contribution >= 4 is 0 Å². The molecule has 0 radical (unpaired) electrons. The van der Waals surface area contributed by atoms with Gasteiger partial charge in [0.15, 0.2) is 0 Å². The Morgan fingerprint density at radius 2 is 2.22 bits per heavy atom. The van der Waals surface area contributed by atoms with Crippen LogP contribution in [0.25, 0.3) is 0 Å². The van der Waals surface area contributed by atoms with E-state index in [1.165, 1.54) is 12.8 Å². The summed E-state index contributed by atoms with van der Waals surface area (Å²) in [4.78, 5) is 2.31. The second-order valence-electron chi connectivity index (χ2n) is 5.69. The lowest BCUT2D eigenvalue weighted by atomic mass is 9.93. The molecule has 1 saturated carbocycles. The van der Waals surface area contributed by atoms with E-state index in [1.54, 1.807) is 0 Å². The highest BCUT2D eigenvalue weighted by Gasteiger charge is 2.30. The molecule has 2 atom stereocenters. The van der Waals surface area contributed by atoms with Crippen LogP contribution in [0.4, 0.5) is 0 Å². The van der Waals surface area contributed by atoms with Gasteiger partial charge in [-0.3, -0.25) is 4.90 Å². The summed E-state index contributed by atoms with van der Waals surface area (Å²) in [6.07, 6.45) is 4.41. The number of rotatable bonds is 4. The molecule has 0 aromatic carbocycles. The Balaban J connectivity index is 1.57. The molecule has 2 unspecified atom stereocenters. The number of likely N-dealkylation sites (tertiary alicyclic amines) is 1. The van der Waals surface area contributed by atoms with Crippen LogP contribution in [-0.2, 0) is 6.54 Å². The van der Waals surface area contributed by atoms with Gasteiger partial charge < -0.3 is 9.52 Å². The standard InChI is InChI=1S/C13H21N3O2/c1-9(17)11-3-2-6-16(7-11)8-12-14-15-13(18-12)10-4-5-10/h9-11,17H,2-8H2,1H3. The maximum Gasteiger partial charge on any atom is 0.230 e. The highest BCUT2D eigenvalue weighted by Crippen LogP contribution is 2.39. The fourth-order valence-electron chi connectivity index (χ4n) is 2.65. The first-order valence-electron chi connectivity index (χ1n) is 6.95. The minimum Gasteiger partial charge on any atom is -0.424 e. The largest absolute Gasteiger partial charge is 0.424 e. The highest BCUT2D eigenvalue weighted by molar-refractivity contribution is 5.00. The summed E-state index contributed by atoms with van der Waals surface area (Å²) >= 11 is 0. The molecule has 2 aliphatic rings. The van der Waals surface area contributed by atoms with Crippen LogP contribution in [0.2, 0.25) is 0 Å². The second kappa shape index (κ2) is 4.97. The number of aliphatic hydroxyl groups excluding tert-OH is 1. The van der Waals surface area contributed by atoms with Crippen LogP contribution in [0.5, 0.6) is 0 Å². The lowest BCUT2D eigenvalue weighted by Crippen LogP contribution is -2.39. The van der Waals surface area contributed by atoms with Crippen molar-refractivity contribution in [2.75, 3.05) is 13.1 Å². The van der Waals surface area contributed by atoms with Crippen LogP contribution in [0.15, 0.2) is 4.42 Å². The molecule has 18 heavy (non-hydrogen) atoms. The molecule has 1 saturated heterocycles. The summed E-state index contributed by atoms with van der Waals surface area (Å²) in [5, 5.41) is 17.9. The number of piperidine rings is 1. The number of hydrogen-bond acceptors (Lipinski definition) is 5. The first-order chi connectivity index (χ1) is 8.72. The molecule has 5 nitrogen and oxygen atoms in total. The second-order valence-corrected chi connectivity index (χ2v) is 5.69. The Morgan fingerprint density at radius 3 is 2.94 bits per heavy atom. The van der Waals surface area contributed by atoms with E-state index in [4.69, 9.17) is 4.42 Å². The molecule has 2 heterocycles. The quantitative estimate of drug-likeness (QED) is 0.879. The fraction of sp³-hybridized carbons (Fsp3) is 0.846. The van der Waals surface area contributed by atoms with Crippen molar-refractivity contribution in [2.24, 2.45) is 5.92 Å². The van der Waals surface area contributed by atoms with Gasteiger partial charge in [0.2, 0.25) is 11.8 Å². The third-order valence-electron chi connectivity index (χ3n) is 3.99. The van der Waals surface area contributed by atoms with Crippen molar-refractivity contribution in [2.45, 2.75) is 51.2 Å². The Kier molecular flexibility index (Phi) is 3.35. The van der Waals surface area contributed by atoms with E-state index < -0.39 is 0 Å². The molecule has 0 bridgehead atoms. The van der Waals surface area contributed by atoms with Gasteiger partial charge in [0.25, 0.3) is 0 Å². The van der Waals surface area contributed by atoms with E-state index in [1.807, 2.05) is 6.92 Å². The van der Waals surface area contributed by atoms with E-state index in [2.05, 4.69) is 15.1 Å². The Hall–Kier alpha value is -0.940. The molecule has 3 rings (SSSR count). The van der Waals surface area contributed by atoms with E-state index in [0.717, 1.165) is 44.3 Å².